The fraction of sp³-hybridized carbons (Fsp3) is 0.111. The lowest BCUT2D eigenvalue weighted by molar-refractivity contribution is -0.115. The number of carbonyl (C=O) groups excluding carboxylic acids is 1. The summed E-state index contributed by atoms with van der Waals surface area (Å²) in [6.45, 7) is 1.92. The summed E-state index contributed by atoms with van der Waals surface area (Å²) in [6, 6.07) is 15.3. The number of aromatic nitrogens is 1. The first-order valence-electron chi connectivity index (χ1n) is 7.42. The van der Waals surface area contributed by atoms with Crippen LogP contribution in [-0.4, -0.2) is 10.9 Å². The maximum Gasteiger partial charge on any atom is 0.230 e. The van der Waals surface area contributed by atoms with Crippen molar-refractivity contribution in [2.24, 2.45) is 0 Å². The van der Waals surface area contributed by atoms with Crippen LogP contribution in [0.3, 0.4) is 0 Å². The molecule has 0 fully saturated rings. The van der Waals surface area contributed by atoms with Crippen molar-refractivity contribution >= 4 is 45.4 Å². The van der Waals surface area contributed by atoms with Gasteiger partial charge in [-0.1, -0.05) is 35.9 Å². The molecule has 3 aromatic rings. The Morgan fingerprint density at radius 2 is 1.96 bits per heavy atom. The first kappa shape index (κ1) is 16.5. The third kappa shape index (κ3) is 4.34. The molecule has 2 aromatic carbocycles. The van der Waals surface area contributed by atoms with Gasteiger partial charge in [0.2, 0.25) is 5.91 Å². The summed E-state index contributed by atoms with van der Waals surface area (Å²) in [5, 5.41) is 9.34. The van der Waals surface area contributed by atoms with Crippen molar-refractivity contribution in [3.63, 3.8) is 0 Å². The van der Waals surface area contributed by atoms with Crippen molar-refractivity contribution in [2.45, 2.75) is 13.3 Å². The Bertz CT molecular complexity index is 848. The van der Waals surface area contributed by atoms with Crippen molar-refractivity contribution in [1.82, 2.24) is 4.98 Å². The second-order valence-corrected chi connectivity index (χ2v) is 6.59. The molecule has 3 rings (SSSR count). The minimum absolute atomic E-state index is 0.119. The first-order valence-corrected chi connectivity index (χ1v) is 8.68. The van der Waals surface area contributed by atoms with Crippen LogP contribution in [0.4, 0.5) is 16.5 Å². The van der Waals surface area contributed by atoms with E-state index in [1.807, 2.05) is 54.8 Å². The maximum absolute atomic E-state index is 12.1. The van der Waals surface area contributed by atoms with E-state index in [2.05, 4.69) is 15.6 Å². The molecule has 0 bridgehead atoms. The van der Waals surface area contributed by atoms with Crippen molar-refractivity contribution < 1.29 is 4.79 Å². The molecule has 4 nitrogen and oxygen atoms in total. The molecular formula is C18H16ClN3OS. The highest BCUT2D eigenvalue weighted by Gasteiger charge is 2.09. The molecule has 2 N–H and O–H groups in total. The number of anilines is 3. The van der Waals surface area contributed by atoms with Gasteiger partial charge in [0.15, 0.2) is 5.13 Å². The smallest absolute Gasteiger partial charge is 0.230 e. The fourth-order valence-electron chi connectivity index (χ4n) is 2.13. The van der Waals surface area contributed by atoms with Gasteiger partial charge in [0.25, 0.3) is 0 Å². The Labute approximate surface area is 149 Å². The third-order valence-corrected chi connectivity index (χ3v) is 4.59. The van der Waals surface area contributed by atoms with E-state index in [9.17, 15) is 4.79 Å². The zero-order chi connectivity index (χ0) is 16.9. The maximum atomic E-state index is 12.1. The number of benzene rings is 2. The zero-order valence-electron chi connectivity index (χ0n) is 13.0. The molecule has 0 saturated heterocycles. The van der Waals surface area contributed by atoms with Gasteiger partial charge in [0.05, 0.1) is 12.1 Å². The summed E-state index contributed by atoms with van der Waals surface area (Å²) < 4.78 is 0. The van der Waals surface area contributed by atoms with Gasteiger partial charge in [-0.3, -0.25) is 4.79 Å². The lowest BCUT2D eigenvalue weighted by atomic mass is 10.2. The number of nitrogens with one attached hydrogen (secondary N) is 2. The van der Waals surface area contributed by atoms with Crippen LogP contribution in [0.1, 0.15) is 11.3 Å². The SMILES string of the molecule is Cc1ccc(NC(=O)Cc2csc(Nc3ccccc3)n2)cc1Cl. The molecule has 1 amide bonds. The number of carbonyl (C=O) groups is 1. The molecule has 0 radical (unpaired) electrons. The van der Waals surface area contributed by atoms with Crippen LogP contribution >= 0.6 is 22.9 Å². The standard InChI is InChI=1S/C18H16ClN3OS/c1-12-7-8-14(9-16(12)19)20-17(23)10-15-11-24-18(22-15)21-13-5-3-2-4-6-13/h2-9,11H,10H2,1H3,(H,20,23)(H,21,22). The average Bonchev–Trinajstić information content (AvgIpc) is 2.99. The van der Waals surface area contributed by atoms with Gasteiger partial charge in [-0.05, 0) is 36.8 Å². The number of hydrogen-bond acceptors (Lipinski definition) is 4. The molecule has 0 unspecified atom stereocenters. The van der Waals surface area contributed by atoms with Crippen molar-refractivity contribution in [1.29, 1.82) is 0 Å². The van der Waals surface area contributed by atoms with Gasteiger partial charge >= 0.3 is 0 Å². The number of hydrogen-bond donors (Lipinski definition) is 2. The van der Waals surface area contributed by atoms with Crippen molar-refractivity contribution in [3.8, 4) is 0 Å². The van der Waals surface area contributed by atoms with E-state index in [0.717, 1.165) is 22.1 Å². The molecule has 0 spiro atoms. The van der Waals surface area contributed by atoms with Gasteiger partial charge in [0, 0.05) is 21.8 Å². The molecule has 0 atom stereocenters. The Morgan fingerprint density at radius 1 is 1.17 bits per heavy atom. The lowest BCUT2D eigenvalue weighted by Crippen LogP contribution is -2.14. The minimum atomic E-state index is -0.119. The van der Waals surface area contributed by atoms with Gasteiger partial charge < -0.3 is 10.6 Å². The molecule has 0 aliphatic heterocycles. The van der Waals surface area contributed by atoms with Crippen LogP contribution in [0.25, 0.3) is 0 Å². The normalized spacial score (nSPS) is 10.4. The summed E-state index contributed by atoms with van der Waals surface area (Å²) in [4.78, 5) is 16.6. The predicted molar refractivity (Wildman–Crippen MR) is 100 cm³/mol. The molecular weight excluding hydrogens is 342 g/mol. The monoisotopic (exact) mass is 357 g/mol. The third-order valence-electron chi connectivity index (χ3n) is 3.37. The van der Waals surface area contributed by atoms with Crippen molar-refractivity contribution in [2.75, 3.05) is 10.6 Å². The number of aryl methyl sites for hydroxylation is 1. The molecule has 1 heterocycles. The summed E-state index contributed by atoms with van der Waals surface area (Å²) in [7, 11) is 0. The Kier molecular flexibility index (Phi) is 5.13. The number of thiazole rings is 1. The molecule has 6 heteroatoms. The van der Waals surface area contributed by atoms with Gasteiger partial charge in [0.1, 0.15) is 0 Å². The zero-order valence-corrected chi connectivity index (χ0v) is 14.6. The largest absolute Gasteiger partial charge is 0.332 e. The van der Waals surface area contributed by atoms with E-state index >= 15 is 0 Å². The number of para-hydroxylation sites is 1. The van der Waals surface area contributed by atoms with Crippen LogP contribution in [-0.2, 0) is 11.2 Å². The highest BCUT2D eigenvalue weighted by atomic mass is 35.5. The molecule has 24 heavy (non-hydrogen) atoms. The van der Waals surface area contributed by atoms with Crippen LogP contribution in [0.2, 0.25) is 5.02 Å². The molecule has 0 aliphatic carbocycles. The summed E-state index contributed by atoms with van der Waals surface area (Å²) in [5.41, 5.74) is 3.37. The quantitative estimate of drug-likeness (QED) is 0.673. The number of amides is 1. The van der Waals surface area contributed by atoms with E-state index in [4.69, 9.17) is 11.6 Å². The highest BCUT2D eigenvalue weighted by Crippen LogP contribution is 2.22. The van der Waals surface area contributed by atoms with E-state index < -0.39 is 0 Å². The molecule has 0 aliphatic rings. The van der Waals surface area contributed by atoms with Gasteiger partial charge in [-0.25, -0.2) is 4.98 Å². The fourth-order valence-corrected chi connectivity index (χ4v) is 3.04. The van der Waals surface area contributed by atoms with Crippen LogP contribution in [0, 0.1) is 6.92 Å². The summed E-state index contributed by atoms with van der Waals surface area (Å²) in [6.07, 6.45) is 0.221. The van der Waals surface area contributed by atoms with Crippen LogP contribution in [0.5, 0.6) is 0 Å². The van der Waals surface area contributed by atoms with Gasteiger partial charge in [-0.2, -0.15) is 0 Å². The topological polar surface area (TPSA) is 54.0 Å². The first-order chi connectivity index (χ1) is 11.6. The van der Waals surface area contributed by atoms with Crippen LogP contribution < -0.4 is 10.6 Å². The Morgan fingerprint density at radius 3 is 2.71 bits per heavy atom. The second-order valence-electron chi connectivity index (χ2n) is 5.32. The van der Waals surface area contributed by atoms with E-state index in [1.165, 1.54) is 11.3 Å². The average molecular weight is 358 g/mol. The second kappa shape index (κ2) is 7.47. The number of halogens is 1. The summed E-state index contributed by atoms with van der Waals surface area (Å²) >= 11 is 7.54. The number of nitrogens with zero attached hydrogens (tertiary/aromatic N) is 1. The van der Waals surface area contributed by atoms with E-state index in [0.29, 0.717) is 10.7 Å². The Balaban J connectivity index is 1.59. The predicted octanol–water partition coefficient (Wildman–Crippen LogP) is 5.03. The lowest BCUT2D eigenvalue weighted by Gasteiger charge is -2.06. The van der Waals surface area contributed by atoms with Crippen molar-refractivity contribution in [3.05, 3.63) is 70.2 Å². The van der Waals surface area contributed by atoms with E-state index in [1.54, 1.807) is 6.07 Å². The highest BCUT2D eigenvalue weighted by molar-refractivity contribution is 7.13. The summed E-state index contributed by atoms with van der Waals surface area (Å²) in [5.74, 6) is -0.119. The van der Waals surface area contributed by atoms with E-state index in [-0.39, 0.29) is 12.3 Å². The minimum Gasteiger partial charge on any atom is -0.332 e. The molecule has 0 saturated carbocycles. The number of rotatable bonds is 5. The Hall–Kier alpha value is -2.37. The molecule has 122 valence electrons. The van der Waals surface area contributed by atoms with Gasteiger partial charge in [-0.15, -0.1) is 11.3 Å². The van der Waals surface area contributed by atoms with Crippen LogP contribution in [0.15, 0.2) is 53.9 Å². The molecule has 1 aromatic heterocycles.